The Morgan fingerprint density at radius 3 is 2.95 bits per heavy atom. The minimum absolute atomic E-state index is 0.191. The van der Waals surface area contributed by atoms with Crippen LogP contribution in [0, 0.1) is 4.77 Å². The lowest BCUT2D eigenvalue weighted by Crippen LogP contribution is -2.23. The van der Waals surface area contributed by atoms with Crippen LogP contribution in [0.1, 0.15) is 15.9 Å². The highest BCUT2D eigenvalue weighted by atomic mass is 32.1. The van der Waals surface area contributed by atoms with E-state index in [4.69, 9.17) is 16.6 Å². The molecule has 0 spiro atoms. The van der Waals surface area contributed by atoms with Crippen molar-refractivity contribution in [3.8, 4) is 0 Å². The molecule has 7 heteroatoms. The van der Waals surface area contributed by atoms with Crippen molar-refractivity contribution in [2.75, 3.05) is 0 Å². The van der Waals surface area contributed by atoms with Gasteiger partial charge in [-0.3, -0.25) is 14.2 Å². The molecule has 3 aromatic rings. The van der Waals surface area contributed by atoms with Gasteiger partial charge in [-0.1, -0.05) is 0 Å². The third-order valence-corrected chi connectivity index (χ3v) is 3.77. The fourth-order valence-corrected chi connectivity index (χ4v) is 2.32. The molecular weight excluding hydrogens is 302 g/mol. The molecule has 0 bridgehead atoms. The molecule has 0 saturated carbocycles. The number of hydrogen-bond acceptors (Lipinski definition) is 4. The van der Waals surface area contributed by atoms with Crippen molar-refractivity contribution in [1.29, 1.82) is 0 Å². The molecule has 0 fully saturated rings. The number of furan rings is 1. The number of fused-ring (bicyclic) bond motifs is 1. The van der Waals surface area contributed by atoms with Gasteiger partial charge in [0, 0.05) is 24.7 Å². The van der Waals surface area contributed by atoms with Gasteiger partial charge in [-0.2, -0.15) is 0 Å². The van der Waals surface area contributed by atoms with E-state index in [1.165, 1.54) is 4.57 Å². The summed E-state index contributed by atoms with van der Waals surface area (Å²) in [5.74, 6) is -0.233. The molecule has 0 unspecified atom stereocenters. The van der Waals surface area contributed by atoms with E-state index < -0.39 is 0 Å². The van der Waals surface area contributed by atoms with Gasteiger partial charge in [0.15, 0.2) is 4.77 Å². The van der Waals surface area contributed by atoms with E-state index in [0.717, 1.165) is 5.56 Å². The fourth-order valence-electron chi connectivity index (χ4n) is 2.13. The molecule has 2 heterocycles. The first kappa shape index (κ1) is 14.3. The van der Waals surface area contributed by atoms with E-state index in [2.05, 4.69) is 10.3 Å². The number of aromatic amines is 1. The van der Waals surface area contributed by atoms with Crippen LogP contribution in [0.15, 0.2) is 46.0 Å². The standard InChI is InChI=1S/C15H13N3O3S/c1-18-14(20)11-3-2-10(6-12(11)17-15(18)22)13(19)16-7-9-4-5-21-8-9/h2-6,8H,7H2,1H3,(H,16,19)(H,17,22). The lowest BCUT2D eigenvalue weighted by molar-refractivity contribution is 0.0951. The second-order valence-corrected chi connectivity index (χ2v) is 5.26. The first-order valence-corrected chi connectivity index (χ1v) is 6.99. The van der Waals surface area contributed by atoms with Gasteiger partial charge in [-0.05, 0) is 36.5 Å². The van der Waals surface area contributed by atoms with E-state index in [1.807, 2.05) is 0 Å². The number of rotatable bonds is 3. The van der Waals surface area contributed by atoms with Crippen molar-refractivity contribution < 1.29 is 9.21 Å². The molecule has 6 nitrogen and oxygen atoms in total. The van der Waals surface area contributed by atoms with Crippen molar-refractivity contribution >= 4 is 29.0 Å². The first-order valence-electron chi connectivity index (χ1n) is 6.58. The van der Waals surface area contributed by atoms with E-state index in [1.54, 1.807) is 43.8 Å². The van der Waals surface area contributed by atoms with E-state index in [0.29, 0.717) is 27.8 Å². The average molecular weight is 315 g/mol. The summed E-state index contributed by atoms with van der Waals surface area (Å²) in [6, 6.07) is 6.64. The lowest BCUT2D eigenvalue weighted by atomic mass is 10.1. The second kappa shape index (κ2) is 5.61. The van der Waals surface area contributed by atoms with Crippen LogP contribution in [0.4, 0.5) is 0 Å². The van der Waals surface area contributed by atoms with Crippen LogP contribution in [-0.4, -0.2) is 15.5 Å². The van der Waals surface area contributed by atoms with Gasteiger partial charge < -0.3 is 14.7 Å². The molecule has 0 aliphatic heterocycles. The Hall–Kier alpha value is -2.67. The molecule has 0 radical (unpaired) electrons. The van der Waals surface area contributed by atoms with E-state index >= 15 is 0 Å². The molecule has 0 aliphatic carbocycles. The van der Waals surface area contributed by atoms with Crippen LogP contribution in [0.3, 0.4) is 0 Å². The van der Waals surface area contributed by atoms with Crippen molar-refractivity contribution in [3.63, 3.8) is 0 Å². The molecule has 112 valence electrons. The van der Waals surface area contributed by atoms with Crippen LogP contribution in [-0.2, 0) is 13.6 Å². The molecule has 0 aliphatic rings. The highest BCUT2D eigenvalue weighted by molar-refractivity contribution is 7.71. The summed E-state index contributed by atoms with van der Waals surface area (Å²) in [6.45, 7) is 0.375. The van der Waals surface area contributed by atoms with Gasteiger partial charge in [-0.15, -0.1) is 0 Å². The zero-order valence-corrected chi connectivity index (χ0v) is 12.6. The summed E-state index contributed by atoms with van der Waals surface area (Å²) in [5.41, 5.74) is 1.69. The topological polar surface area (TPSA) is 80.0 Å². The van der Waals surface area contributed by atoms with Crippen LogP contribution >= 0.6 is 12.2 Å². The molecule has 1 aromatic carbocycles. The third-order valence-electron chi connectivity index (χ3n) is 3.40. The number of amides is 1. The predicted octanol–water partition coefficient (Wildman–Crippen LogP) is 2.12. The minimum atomic E-state index is -0.233. The van der Waals surface area contributed by atoms with Crippen LogP contribution in [0.25, 0.3) is 10.9 Å². The quantitative estimate of drug-likeness (QED) is 0.726. The second-order valence-electron chi connectivity index (χ2n) is 4.87. The summed E-state index contributed by atoms with van der Waals surface area (Å²) in [4.78, 5) is 27.2. The zero-order valence-electron chi connectivity index (χ0n) is 11.8. The van der Waals surface area contributed by atoms with Crippen molar-refractivity contribution in [1.82, 2.24) is 14.9 Å². The molecule has 2 N–H and O–H groups in total. The van der Waals surface area contributed by atoms with Crippen molar-refractivity contribution in [2.24, 2.45) is 7.05 Å². The van der Waals surface area contributed by atoms with Crippen LogP contribution in [0.5, 0.6) is 0 Å². The number of carbonyl (C=O) groups excluding carboxylic acids is 1. The summed E-state index contributed by atoms with van der Waals surface area (Å²) in [6.07, 6.45) is 3.12. The van der Waals surface area contributed by atoms with Gasteiger partial charge in [0.25, 0.3) is 11.5 Å². The molecule has 0 atom stereocenters. The molecule has 2 aromatic heterocycles. The van der Waals surface area contributed by atoms with Crippen molar-refractivity contribution in [2.45, 2.75) is 6.54 Å². The summed E-state index contributed by atoms with van der Waals surface area (Å²) in [7, 11) is 1.60. The Bertz CT molecular complexity index is 954. The Morgan fingerprint density at radius 2 is 2.23 bits per heavy atom. The Morgan fingerprint density at radius 1 is 1.41 bits per heavy atom. The monoisotopic (exact) mass is 315 g/mol. The normalized spacial score (nSPS) is 10.8. The zero-order chi connectivity index (χ0) is 15.7. The van der Waals surface area contributed by atoms with Crippen molar-refractivity contribution in [3.05, 3.63) is 63.0 Å². The van der Waals surface area contributed by atoms with Gasteiger partial charge in [0.2, 0.25) is 0 Å². The van der Waals surface area contributed by atoms with Crippen LogP contribution < -0.4 is 10.9 Å². The molecule has 22 heavy (non-hydrogen) atoms. The number of H-pyrrole nitrogens is 1. The highest BCUT2D eigenvalue weighted by Crippen LogP contribution is 2.11. The van der Waals surface area contributed by atoms with E-state index in [9.17, 15) is 9.59 Å². The number of nitrogens with zero attached hydrogens (tertiary/aromatic N) is 1. The SMILES string of the molecule is Cn1c(=S)[nH]c2cc(C(=O)NCc3ccoc3)ccc2c1=O. The summed E-state index contributed by atoms with van der Waals surface area (Å²) < 4.78 is 6.61. The highest BCUT2D eigenvalue weighted by Gasteiger charge is 2.09. The lowest BCUT2D eigenvalue weighted by Gasteiger charge is -2.06. The number of benzene rings is 1. The number of carbonyl (C=O) groups is 1. The number of nitrogens with one attached hydrogen (secondary N) is 2. The maximum atomic E-state index is 12.2. The summed E-state index contributed by atoms with van der Waals surface area (Å²) >= 11 is 5.08. The van der Waals surface area contributed by atoms with E-state index in [-0.39, 0.29) is 11.5 Å². The molecule has 1 amide bonds. The predicted molar refractivity (Wildman–Crippen MR) is 84.3 cm³/mol. The maximum Gasteiger partial charge on any atom is 0.261 e. The Labute approximate surface area is 130 Å². The summed E-state index contributed by atoms with van der Waals surface area (Å²) in [5, 5.41) is 3.27. The Balaban J connectivity index is 1.91. The minimum Gasteiger partial charge on any atom is -0.472 e. The molecule has 3 rings (SSSR count). The largest absolute Gasteiger partial charge is 0.472 e. The third kappa shape index (κ3) is 2.58. The van der Waals surface area contributed by atoms with Gasteiger partial charge in [0.1, 0.15) is 0 Å². The molecule has 0 saturated heterocycles. The average Bonchev–Trinajstić information content (AvgIpc) is 3.03. The van der Waals surface area contributed by atoms with Gasteiger partial charge in [-0.25, -0.2) is 0 Å². The van der Waals surface area contributed by atoms with Gasteiger partial charge in [0.05, 0.1) is 23.4 Å². The van der Waals surface area contributed by atoms with Crippen LogP contribution in [0.2, 0.25) is 0 Å². The van der Waals surface area contributed by atoms with Gasteiger partial charge >= 0.3 is 0 Å². The molecular formula is C15H13N3O3S. The first-order chi connectivity index (χ1) is 10.6. The smallest absolute Gasteiger partial charge is 0.261 e. The number of aromatic nitrogens is 2. The fraction of sp³-hybridized carbons (Fsp3) is 0.133. The maximum absolute atomic E-state index is 12.2. The number of hydrogen-bond donors (Lipinski definition) is 2. The Kier molecular flexibility index (Phi) is 3.64.